The number of hydrogen-bond acceptors (Lipinski definition) is 6. The number of rotatable bonds is 4. The number of nitrogens with two attached hydrogens (primary N) is 2. The lowest BCUT2D eigenvalue weighted by atomic mass is 9.77. The molecule has 0 spiro atoms. The van der Waals surface area contributed by atoms with Gasteiger partial charge in [-0.2, -0.15) is 0 Å². The third-order valence-corrected chi connectivity index (χ3v) is 6.04. The molecule has 8 nitrogen and oxygen atoms in total. The molecule has 2 fully saturated rings. The first kappa shape index (κ1) is 21.3. The molecule has 0 saturated carbocycles. The number of ether oxygens (including phenoxy) is 1. The van der Waals surface area contributed by atoms with Gasteiger partial charge in [-0.3, -0.25) is 9.79 Å². The highest BCUT2D eigenvalue weighted by atomic mass is 35.5. The normalized spacial score (nSPS) is 26.1. The van der Waals surface area contributed by atoms with Gasteiger partial charge in [0.05, 0.1) is 34.2 Å². The second kappa shape index (κ2) is 8.92. The van der Waals surface area contributed by atoms with Crippen molar-refractivity contribution in [3.05, 3.63) is 28.8 Å². The minimum atomic E-state index is -0.172. The standard InChI is InChI=1S/C11H12ClN5.C9H15NO2/c1-6-8(12)5-15-11-9(6)16-10(17-11)7(3-13)4-14-2;1-2-5-6-3-4-7(12-6)8(5)9(10)11/h3-5H,13H2,1-2H3,(H,15,16,17);5-8H,2-4H2,1H3,(H2,10,11)/b7-3+,14-4?;. The Hall–Kier alpha value is -2.45. The SMILES string of the molecule is CCC1C2CCC(O2)C1C(N)=O.CN=C/C(=C\N)c1nc2ncc(Cl)c(C)c2[nH]1. The Morgan fingerprint density at radius 2 is 2.17 bits per heavy atom. The highest BCUT2D eigenvalue weighted by Gasteiger charge is 2.50. The summed E-state index contributed by atoms with van der Waals surface area (Å²) in [6, 6.07) is 0. The molecule has 156 valence electrons. The van der Waals surface area contributed by atoms with Crippen molar-refractivity contribution in [3.8, 4) is 0 Å². The fourth-order valence-corrected chi connectivity index (χ4v) is 4.34. The molecule has 29 heavy (non-hydrogen) atoms. The predicted molar refractivity (Wildman–Crippen MR) is 115 cm³/mol. The van der Waals surface area contributed by atoms with E-state index in [1.807, 2.05) is 6.92 Å². The number of fused-ring (bicyclic) bond motifs is 3. The van der Waals surface area contributed by atoms with E-state index in [1.54, 1.807) is 19.5 Å². The highest BCUT2D eigenvalue weighted by molar-refractivity contribution is 6.32. The summed E-state index contributed by atoms with van der Waals surface area (Å²) in [5.74, 6) is 0.843. The number of aromatic amines is 1. The third kappa shape index (κ3) is 4.13. The molecule has 5 N–H and O–H groups in total. The lowest BCUT2D eigenvalue weighted by Crippen LogP contribution is -2.37. The van der Waals surface area contributed by atoms with Crippen LogP contribution in [0.25, 0.3) is 16.7 Å². The minimum absolute atomic E-state index is 0.00579. The Kier molecular flexibility index (Phi) is 6.54. The maximum Gasteiger partial charge on any atom is 0.223 e. The summed E-state index contributed by atoms with van der Waals surface area (Å²) in [6.07, 6.45) is 8.27. The molecule has 4 rings (SSSR count). The number of aromatic nitrogens is 3. The van der Waals surface area contributed by atoms with Gasteiger partial charge in [-0.15, -0.1) is 0 Å². The number of nitrogens with one attached hydrogen (secondary N) is 1. The van der Waals surface area contributed by atoms with Gasteiger partial charge in [0.25, 0.3) is 0 Å². The number of hydrogen-bond donors (Lipinski definition) is 3. The van der Waals surface area contributed by atoms with Crippen LogP contribution >= 0.6 is 11.6 Å². The van der Waals surface area contributed by atoms with Crippen LogP contribution in [0.3, 0.4) is 0 Å². The summed E-state index contributed by atoms with van der Waals surface area (Å²) in [5, 5.41) is 0.607. The smallest absolute Gasteiger partial charge is 0.223 e. The van der Waals surface area contributed by atoms with E-state index in [1.165, 1.54) is 6.20 Å². The maximum atomic E-state index is 11.1. The summed E-state index contributed by atoms with van der Waals surface area (Å²) in [4.78, 5) is 26.7. The van der Waals surface area contributed by atoms with E-state index in [-0.39, 0.29) is 17.9 Å². The number of imidazole rings is 1. The summed E-state index contributed by atoms with van der Waals surface area (Å²) < 4.78 is 5.65. The fraction of sp³-hybridized carbons (Fsp3) is 0.500. The summed E-state index contributed by atoms with van der Waals surface area (Å²) in [6.45, 7) is 4.01. The number of nitrogens with zero attached hydrogens (tertiary/aromatic N) is 3. The molecule has 4 heterocycles. The van der Waals surface area contributed by atoms with E-state index in [0.717, 1.165) is 30.3 Å². The van der Waals surface area contributed by atoms with Crippen molar-refractivity contribution in [3.63, 3.8) is 0 Å². The van der Waals surface area contributed by atoms with Gasteiger partial charge in [0.2, 0.25) is 5.91 Å². The molecule has 2 aliphatic rings. The average Bonchev–Trinajstić information content (AvgIpc) is 3.43. The summed E-state index contributed by atoms with van der Waals surface area (Å²) in [7, 11) is 1.67. The van der Waals surface area contributed by atoms with Crippen molar-refractivity contribution in [2.75, 3.05) is 7.05 Å². The molecule has 0 aromatic carbocycles. The first-order valence-corrected chi connectivity index (χ1v) is 10.1. The summed E-state index contributed by atoms with van der Waals surface area (Å²) in [5.41, 5.74) is 13.9. The van der Waals surface area contributed by atoms with Crippen molar-refractivity contribution >= 4 is 40.5 Å². The second-order valence-electron chi connectivity index (χ2n) is 7.32. The fourth-order valence-electron chi connectivity index (χ4n) is 4.20. The number of H-pyrrole nitrogens is 1. The molecule has 2 aromatic heterocycles. The Morgan fingerprint density at radius 3 is 2.76 bits per heavy atom. The van der Waals surface area contributed by atoms with Gasteiger partial charge in [-0.1, -0.05) is 18.5 Å². The topological polar surface area (TPSA) is 132 Å². The van der Waals surface area contributed by atoms with E-state index in [9.17, 15) is 4.79 Å². The average molecular weight is 419 g/mol. The monoisotopic (exact) mass is 418 g/mol. The number of pyridine rings is 1. The molecule has 0 radical (unpaired) electrons. The van der Waals surface area contributed by atoms with Crippen LogP contribution in [0.1, 0.15) is 37.6 Å². The first-order chi connectivity index (χ1) is 13.9. The van der Waals surface area contributed by atoms with Crippen LogP contribution in [0.5, 0.6) is 0 Å². The van der Waals surface area contributed by atoms with Gasteiger partial charge in [0.1, 0.15) is 5.82 Å². The zero-order chi connectivity index (χ0) is 21.1. The van der Waals surface area contributed by atoms with Gasteiger partial charge < -0.3 is 21.2 Å². The third-order valence-electron chi connectivity index (χ3n) is 5.66. The molecule has 1 amide bonds. The van der Waals surface area contributed by atoms with Crippen LogP contribution in [0, 0.1) is 18.8 Å². The molecule has 2 aromatic rings. The van der Waals surface area contributed by atoms with E-state index in [0.29, 0.717) is 34.1 Å². The van der Waals surface area contributed by atoms with Crippen LogP contribution in [0.4, 0.5) is 0 Å². The zero-order valence-electron chi connectivity index (χ0n) is 16.9. The van der Waals surface area contributed by atoms with E-state index in [2.05, 4.69) is 26.9 Å². The number of halogens is 1. The van der Waals surface area contributed by atoms with E-state index in [4.69, 9.17) is 27.8 Å². The quantitative estimate of drug-likeness (QED) is 0.656. The van der Waals surface area contributed by atoms with Crippen LogP contribution in [-0.4, -0.2) is 46.3 Å². The van der Waals surface area contributed by atoms with Gasteiger partial charge in [0.15, 0.2) is 5.65 Å². The zero-order valence-corrected chi connectivity index (χ0v) is 17.6. The number of carbonyl (C=O) groups excluding carboxylic acids is 1. The van der Waals surface area contributed by atoms with Gasteiger partial charge in [-0.05, 0) is 37.7 Å². The van der Waals surface area contributed by atoms with Gasteiger partial charge in [-0.25, -0.2) is 9.97 Å². The Balaban J connectivity index is 0.000000176. The van der Waals surface area contributed by atoms with Crippen molar-refractivity contribution in [2.24, 2.45) is 28.3 Å². The van der Waals surface area contributed by atoms with Crippen LogP contribution in [0.2, 0.25) is 5.02 Å². The molecule has 2 aliphatic heterocycles. The van der Waals surface area contributed by atoms with E-state index >= 15 is 0 Å². The minimum Gasteiger partial charge on any atom is -0.404 e. The number of aliphatic imine (C=N–C) groups is 1. The highest BCUT2D eigenvalue weighted by Crippen LogP contribution is 2.44. The Labute approximate surface area is 174 Å². The lowest BCUT2D eigenvalue weighted by molar-refractivity contribution is -0.124. The molecule has 0 aliphatic carbocycles. The number of allylic oxidation sites excluding steroid dienone is 1. The van der Waals surface area contributed by atoms with Crippen molar-refractivity contribution in [1.29, 1.82) is 0 Å². The predicted octanol–water partition coefficient (Wildman–Crippen LogP) is 2.60. The molecule has 2 bridgehead atoms. The molecular formula is C20H27ClN6O2. The number of aryl methyl sites for hydroxylation is 1. The molecule has 4 unspecified atom stereocenters. The van der Waals surface area contributed by atoms with Crippen molar-refractivity contribution < 1.29 is 9.53 Å². The molecule has 2 saturated heterocycles. The van der Waals surface area contributed by atoms with Crippen molar-refractivity contribution in [2.45, 2.75) is 45.3 Å². The molecule has 4 atom stereocenters. The summed E-state index contributed by atoms with van der Waals surface area (Å²) >= 11 is 6.00. The van der Waals surface area contributed by atoms with Gasteiger partial charge in [0, 0.05) is 25.7 Å². The Morgan fingerprint density at radius 1 is 1.45 bits per heavy atom. The number of amides is 1. The maximum absolute atomic E-state index is 11.1. The van der Waals surface area contributed by atoms with E-state index < -0.39 is 0 Å². The molecule has 9 heteroatoms. The largest absolute Gasteiger partial charge is 0.404 e. The van der Waals surface area contributed by atoms with Crippen molar-refractivity contribution in [1.82, 2.24) is 15.0 Å². The number of carbonyl (C=O) groups is 1. The first-order valence-electron chi connectivity index (χ1n) is 9.71. The van der Waals surface area contributed by atoms with Crippen LogP contribution in [-0.2, 0) is 9.53 Å². The lowest BCUT2D eigenvalue weighted by Gasteiger charge is -2.23. The van der Waals surface area contributed by atoms with Crippen LogP contribution < -0.4 is 11.5 Å². The van der Waals surface area contributed by atoms with Gasteiger partial charge >= 0.3 is 0 Å². The van der Waals surface area contributed by atoms with Crippen LogP contribution in [0.15, 0.2) is 17.4 Å². The number of primary amides is 1. The Bertz CT molecular complexity index is 954. The molecular weight excluding hydrogens is 392 g/mol. The second-order valence-corrected chi connectivity index (χ2v) is 7.72.